The van der Waals surface area contributed by atoms with E-state index in [9.17, 15) is 4.79 Å². The quantitative estimate of drug-likeness (QED) is 0.120. The largest absolute Gasteiger partial charge is 0.493 e. The molecule has 1 heterocycles. The summed E-state index contributed by atoms with van der Waals surface area (Å²) >= 11 is 0. The van der Waals surface area contributed by atoms with Gasteiger partial charge in [0.25, 0.3) is 5.91 Å². The highest BCUT2D eigenvalue weighted by Gasteiger charge is 2.09. The number of aromatic nitrogens is 1. The minimum atomic E-state index is -0.145. The lowest BCUT2D eigenvalue weighted by molar-refractivity contribution is -0.671. The van der Waals surface area contributed by atoms with Gasteiger partial charge in [0.2, 0.25) is 0 Å². The van der Waals surface area contributed by atoms with Gasteiger partial charge in [0.1, 0.15) is 12.8 Å². The van der Waals surface area contributed by atoms with Crippen molar-refractivity contribution in [1.82, 2.24) is 5.32 Å². The van der Waals surface area contributed by atoms with Gasteiger partial charge in [0, 0.05) is 24.7 Å². The smallest absolute Gasteiger partial charge is 0.257 e. The molecule has 0 radical (unpaired) electrons. The van der Waals surface area contributed by atoms with Crippen molar-refractivity contribution in [3.63, 3.8) is 0 Å². The van der Waals surface area contributed by atoms with E-state index in [1.54, 1.807) is 13.2 Å². The fourth-order valence-corrected chi connectivity index (χ4v) is 4.58. The Labute approximate surface area is 237 Å². The molecule has 0 atom stereocenters. The van der Waals surface area contributed by atoms with E-state index in [4.69, 9.17) is 14.2 Å². The van der Waals surface area contributed by atoms with Crippen LogP contribution in [-0.2, 0) is 18.3 Å². The van der Waals surface area contributed by atoms with E-state index in [1.165, 1.54) is 89.0 Å². The maximum Gasteiger partial charge on any atom is 0.257 e. The van der Waals surface area contributed by atoms with E-state index in [0.717, 1.165) is 12.8 Å². The SMILES string of the molecule is CCCCCCCCCCCCCCCCOc1ccc(OCC(=O)NCCc2cc[n+](C)cc2)cc1OC. The summed E-state index contributed by atoms with van der Waals surface area (Å²) in [5.41, 5.74) is 1.18. The van der Waals surface area contributed by atoms with Crippen molar-refractivity contribution < 1.29 is 23.6 Å². The second-order valence-electron chi connectivity index (χ2n) is 10.5. The molecule has 1 aromatic heterocycles. The van der Waals surface area contributed by atoms with Gasteiger partial charge in [0.05, 0.1) is 13.7 Å². The summed E-state index contributed by atoms with van der Waals surface area (Å²) in [6, 6.07) is 9.55. The first-order chi connectivity index (χ1) is 19.1. The van der Waals surface area contributed by atoms with Gasteiger partial charge in [0.15, 0.2) is 30.5 Å². The van der Waals surface area contributed by atoms with Crippen molar-refractivity contribution in [2.45, 2.75) is 103 Å². The normalized spacial score (nSPS) is 10.8. The molecule has 6 nitrogen and oxygen atoms in total. The molecule has 39 heavy (non-hydrogen) atoms. The number of nitrogens with one attached hydrogen (secondary N) is 1. The summed E-state index contributed by atoms with van der Waals surface area (Å²) in [7, 11) is 3.60. The Morgan fingerprint density at radius 1 is 0.769 bits per heavy atom. The van der Waals surface area contributed by atoms with Crippen LogP contribution in [0.1, 0.15) is 102 Å². The van der Waals surface area contributed by atoms with Crippen LogP contribution in [-0.4, -0.2) is 32.8 Å². The lowest BCUT2D eigenvalue weighted by atomic mass is 10.0. The first-order valence-electron chi connectivity index (χ1n) is 15.3. The molecule has 0 spiro atoms. The van der Waals surface area contributed by atoms with Crippen LogP contribution in [0.5, 0.6) is 17.2 Å². The van der Waals surface area contributed by atoms with Crippen LogP contribution in [0, 0.1) is 0 Å². The van der Waals surface area contributed by atoms with E-state index in [-0.39, 0.29) is 12.5 Å². The van der Waals surface area contributed by atoms with Crippen molar-refractivity contribution in [2.24, 2.45) is 7.05 Å². The van der Waals surface area contributed by atoms with E-state index >= 15 is 0 Å². The van der Waals surface area contributed by atoms with Crippen LogP contribution in [0.15, 0.2) is 42.7 Å². The number of carbonyl (C=O) groups is 1. The highest BCUT2D eigenvalue weighted by Crippen LogP contribution is 2.31. The molecular weight excluding hydrogens is 488 g/mol. The maximum atomic E-state index is 12.2. The minimum absolute atomic E-state index is 0.0356. The fraction of sp³-hybridized carbons (Fsp3) is 0.636. The summed E-state index contributed by atoms with van der Waals surface area (Å²) < 4.78 is 19.1. The monoisotopic (exact) mass is 541 g/mol. The van der Waals surface area contributed by atoms with Gasteiger partial charge in [-0.2, -0.15) is 0 Å². The number of carbonyl (C=O) groups excluding carboxylic acids is 1. The van der Waals surface area contributed by atoms with E-state index in [2.05, 4.69) is 24.4 Å². The van der Waals surface area contributed by atoms with E-state index in [1.807, 2.05) is 36.1 Å². The molecule has 2 aromatic rings. The number of hydrogen-bond acceptors (Lipinski definition) is 4. The fourth-order valence-electron chi connectivity index (χ4n) is 4.58. The summed E-state index contributed by atoms with van der Waals surface area (Å²) in [5, 5.41) is 2.90. The Morgan fingerprint density at radius 2 is 1.36 bits per heavy atom. The zero-order chi connectivity index (χ0) is 28.0. The van der Waals surface area contributed by atoms with Crippen molar-refractivity contribution >= 4 is 5.91 Å². The first-order valence-corrected chi connectivity index (χ1v) is 15.3. The van der Waals surface area contributed by atoms with Gasteiger partial charge in [-0.25, -0.2) is 4.57 Å². The minimum Gasteiger partial charge on any atom is -0.493 e. The predicted molar refractivity (Wildman–Crippen MR) is 159 cm³/mol. The zero-order valence-electron chi connectivity index (χ0n) is 24.8. The lowest BCUT2D eigenvalue weighted by Gasteiger charge is -2.13. The number of aryl methyl sites for hydroxylation is 1. The molecule has 0 unspecified atom stereocenters. The molecule has 218 valence electrons. The number of methoxy groups -OCH3 is 1. The second-order valence-corrected chi connectivity index (χ2v) is 10.5. The molecule has 2 rings (SSSR count). The summed E-state index contributed by atoms with van der Waals surface area (Å²) in [4.78, 5) is 12.2. The Morgan fingerprint density at radius 3 is 1.95 bits per heavy atom. The molecule has 0 saturated carbocycles. The third-order valence-electron chi connectivity index (χ3n) is 7.04. The molecule has 1 amide bonds. The summed E-state index contributed by atoms with van der Waals surface area (Å²) in [6.45, 7) is 3.49. The number of pyridine rings is 1. The molecule has 1 N–H and O–H groups in total. The van der Waals surface area contributed by atoms with E-state index in [0.29, 0.717) is 30.4 Å². The van der Waals surface area contributed by atoms with Crippen molar-refractivity contribution in [1.29, 1.82) is 0 Å². The van der Waals surface area contributed by atoms with Crippen LogP contribution in [0.2, 0.25) is 0 Å². The Hall–Kier alpha value is -2.76. The average molecular weight is 542 g/mol. The second kappa shape index (κ2) is 21.1. The van der Waals surface area contributed by atoms with Crippen molar-refractivity contribution in [3.8, 4) is 17.2 Å². The molecule has 0 saturated heterocycles. The van der Waals surface area contributed by atoms with Gasteiger partial charge in [-0.3, -0.25) is 4.79 Å². The van der Waals surface area contributed by atoms with Crippen LogP contribution in [0.3, 0.4) is 0 Å². The van der Waals surface area contributed by atoms with Gasteiger partial charge < -0.3 is 19.5 Å². The Kier molecular flexibility index (Phi) is 17.6. The first kappa shape index (κ1) is 32.5. The molecule has 6 heteroatoms. The number of hydrogen-bond donors (Lipinski definition) is 1. The predicted octanol–water partition coefficient (Wildman–Crippen LogP) is 7.12. The molecule has 0 aliphatic carbocycles. The van der Waals surface area contributed by atoms with Crippen LogP contribution < -0.4 is 24.1 Å². The number of rotatable bonds is 23. The van der Waals surface area contributed by atoms with Gasteiger partial charge >= 0.3 is 0 Å². The molecule has 0 bridgehead atoms. The lowest BCUT2D eigenvalue weighted by Crippen LogP contribution is -2.31. The molecule has 0 fully saturated rings. The van der Waals surface area contributed by atoms with Crippen LogP contribution >= 0.6 is 0 Å². The molecule has 0 aliphatic heterocycles. The van der Waals surface area contributed by atoms with Gasteiger partial charge in [-0.05, 0) is 30.5 Å². The van der Waals surface area contributed by atoms with Crippen LogP contribution in [0.25, 0.3) is 0 Å². The number of ether oxygens (including phenoxy) is 3. The molecule has 1 aromatic carbocycles. The highest BCUT2D eigenvalue weighted by molar-refractivity contribution is 5.77. The number of unbranched alkanes of at least 4 members (excludes halogenated alkanes) is 13. The summed E-state index contributed by atoms with van der Waals surface area (Å²) in [5.74, 6) is 1.77. The molecule has 0 aliphatic rings. The standard InChI is InChI=1S/C33H52N2O4/c1-4-5-6-7-8-9-10-11-12-13-14-15-16-17-26-38-31-19-18-30(27-32(31)37-3)39-28-33(36)34-23-20-29-21-24-35(2)25-22-29/h18-19,21-22,24-25,27H,4-17,20,23,26,28H2,1-3H3/p+1. The van der Waals surface area contributed by atoms with E-state index < -0.39 is 0 Å². The molecular formula is C33H53N2O4+. The van der Waals surface area contributed by atoms with Crippen molar-refractivity contribution in [3.05, 3.63) is 48.3 Å². The van der Waals surface area contributed by atoms with Gasteiger partial charge in [-0.1, -0.05) is 90.4 Å². The third kappa shape index (κ3) is 15.4. The number of nitrogens with zero attached hydrogens (tertiary/aromatic N) is 1. The third-order valence-corrected chi connectivity index (χ3v) is 7.04. The summed E-state index contributed by atoms with van der Waals surface area (Å²) in [6.07, 6.45) is 23.6. The van der Waals surface area contributed by atoms with Crippen LogP contribution in [0.4, 0.5) is 0 Å². The van der Waals surface area contributed by atoms with Gasteiger partial charge in [-0.15, -0.1) is 0 Å². The zero-order valence-corrected chi connectivity index (χ0v) is 24.8. The average Bonchev–Trinajstić information content (AvgIpc) is 2.95. The Balaban J connectivity index is 1.50. The highest BCUT2D eigenvalue weighted by atomic mass is 16.5. The maximum absolute atomic E-state index is 12.2. The number of amides is 1. The topological polar surface area (TPSA) is 60.7 Å². The number of benzene rings is 1. The Bertz CT molecular complexity index is 901. The van der Waals surface area contributed by atoms with Crippen molar-refractivity contribution in [2.75, 3.05) is 26.9 Å².